The summed E-state index contributed by atoms with van der Waals surface area (Å²) in [7, 11) is 3.31. The summed E-state index contributed by atoms with van der Waals surface area (Å²) < 4.78 is 21.7. The van der Waals surface area contributed by atoms with Crippen LogP contribution in [0.4, 0.5) is 0 Å². The summed E-state index contributed by atoms with van der Waals surface area (Å²) in [5.41, 5.74) is 3.56. The highest BCUT2D eigenvalue weighted by Crippen LogP contribution is 2.51. The fourth-order valence-corrected chi connectivity index (χ4v) is 4.26. The van der Waals surface area contributed by atoms with Crippen LogP contribution in [0.5, 0.6) is 23.0 Å². The second-order valence-electron chi connectivity index (χ2n) is 8.01. The number of carbonyl (C=O) groups excluding carboxylic acids is 1. The molecular formula is C26H24O5. The van der Waals surface area contributed by atoms with Crippen LogP contribution in [-0.2, 0) is 16.6 Å². The molecule has 1 saturated carbocycles. The first-order chi connectivity index (χ1) is 15.1. The molecular weight excluding hydrogens is 392 g/mol. The Morgan fingerprint density at radius 2 is 1.68 bits per heavy atom. The van der Waals surface area contributed by atoms with Gasteiger partial charge in [0.1, 0.15) is 17.3 Å². The van der Waals surface area contributed by atoms with Gasteiger partial charge < -0.3 is 18.9 Å². The summed E-state index contributed by atoms with van der Waals surface area (Å²) in [4.78, 5) is 13.4. The smallest absolute Gasteiger partial charge is 0.231 e. The van der Waals surface area contributed by atoms with Crippen LogP contribution in [0.25, 0.3) is 11.1 Å². The number of ether oxygens (including phenoxy) is 4. The number of Topliss-reactive ketones (excluding diaryl/α,β-unsaturated/α-hetero) is 1. The number of ketones is 1. The number of methoxy groups -OCH3 is 2. The quantitative estimate of drug-likeness (QED) is 0.546. The summed E-state index contributed by atoms with van der Waals surface area (Å²) in [5, 5.41) is 0. The molecule has 0 radical (unpaired) electrons. The summed E-state index contributed by atoms with van der Waals surface area (Å²) in [6.07, 6.45) is 2.11. The van der Waals surface area contributed by atoms with Crippen molar-refractivity contribution < 1.29 is 23.7 Å². The molecule has 31 heavy (non-hydrogen) atoms. The first-order valence-corrected chi connectivity index (χ1v) is 10.4. The van der Waals surface area contributed by atoms with E-state index < -0.39 is 5.41 Å². The molecule has 5 heteroatoms. The highest BCUT2D eigenvalue weighted by molar-refractivity contribution is 5.95. The van der Waals surface area contributed by atoms with Crippen LogP contribution in [0.2, 0.25) is 0 Å². The van der Waals surface area contributed by atoms with Crippen molar-refractivity contribution in [3.8, 4) is 34.1 Å². The zero-order chi connectivity index (χ0) is 21.4. The van der Waals surface area contributed by atoms with Crippen LogP contribution >= 0.6 is 0 Å². The lowest BCUT2D eigenvalue weighted by Crippen LogP contribution is -2.22. The first kappa shape index (κ1) is 19.5. The SMILES string of the molecule is COc1ccc(-c2cc(CC(=O)C3(c4ccc5c(c4)OCO5)CC3)ccc2OC)cc1. The van der Waals surface area contributed by atoms with Crippen LogP contribution in [-0.4, -0.2) is 26.8 Å². The normalized spacial score (nSPS) is 15.4. The van der Waals surface area contributed by atoms with Gasteiger partial charge in [0.25, 0.3) is 0 Å². The largest absolute Gasteiger partial charge is 0.497 e. The second-order valence-corrected chi connectivity index (χ2v) is 8.01. The van der Waals surface area contributed by atoms with Gasteiger partial charge in [-0.2, -0.15) is 0 Å². The van der Waals surface area contributed by atoms with E-state index in [1.165, 1.54) is 0 Å². The van der Waals surface area contributed by atoms with Crippen LogP contribution < -0.4 is 18.9 Å². The fraction of sp³-hybridized carbons (Fsp3) is 0.269. The van der Waals surface area contributed by atoms with E-state index in [1.54, 1.807) is 14.2 Å². The molecule has 0 unspecified atom stereocenters. The molecule has 0 N–H and O–H groups in total. The van der Waals surface area contributed by atoms with Crippen molar-refractivity contribution in [3.63, 3.8) is 0 Å². The number of hydrogen-bond acceptors (Lipinski definition) is 5. The van der Waals surface area contributed by atoms with Gasteiger partial charge in [-0.25, -0.2) is 0 Å². The lowest BCUT2D eigenvalue weighted by atomic mass is 9.87. The summed E-state index contributed by atoms with van der Waals surface area (Å²) in [6.45, 7) is 0.236. The first-order valence-electron chi connectivity index (χ1n) is 10.4. The van der Waals surface area contributed by atoms with Gasteiger partial charge in [0.05, 0.1) is 19.6 Å². The number of benzene rings is 3. The van der Waals surface area contributed by atoms with Gasteiger partial charge >= 0.3 is 0 Å². The van der Waals surface area contributed by atoms with Gasteiger partial charge in [0.15, 0.2) is 11.5 Å². The Morgan fingerprint density at radius 1 is 0.903 bits per heavy atom. The number of fused-ring (bicyclic) bond motifs is 1. The molecule has 3 aromatic carbocycles. The van der Waals surface area contributed by atoms with Crippen molar-refractivity contribution >= 4 is 5.78 Å². The highest BCUT2D eigenvalue weighted by atomic mass is 16.7. The van der Waals surface area contributed by atoms with Crippen molar-refractivity contribution in [2.24, 2.45) is 0 Å². The third-order valence-corrected chi connectivity index (χ3v) is 6.24. The molecule has 5 rings (SSSR count). The fourth-order valence-electron chi connectivity index (χ4n) is 4.26. The molecule has 3 aromatic rings. The molecule has 0 aromatic heterocycles. The second kappa shape index (κ2) is 7.65. The molecule has 158 valence electrons. The van der Waals surface area contributed by atoms with Gasteiger partial charge in [-0.15, -0.1) is 0 Å². The Bertz CT molecular complexity index is 1130. The maximum Gasteiger partial charge on any atom is 0.231 e. The molecule has 5 nitrogen and oxygen atoms in total. The van der Waals surface area contributed by atoms with E-state index in [4.69, 9.17) is 18.9 Å². The molecule has 1 heterocycles. The Kier molecular flexibility index (Phi) is 4.81. The zero-order valence-corrected chi connectivity index (χ0v) is 17.6. The standard InChI is InChI=1S/C26H24O5/c1-28-20-7-4-18(5-8-20)21-13-17(3-9-22(21)29-2)14-25(27)26(11-12-26)19-6-10-23-24(15-19)31-16-30-23/h3-10,13,15H,11-12,14,16H2,1-2H3. The van der Waals surface area contributed by atoms with E-state index in [1.807, 2.05) is 60.7 Å². The van der Waals surface area contributed by atoms with E-state index >= 15 is 0 Å². The molecule has 0 bridgehead atoms. The lowest BCUT2D eigenvalue weighted by Gasteiger charge is -2.16. The van der Waals surface area contributed by atoms with E-state index in [0.29, 0.717) is 6.42 Å². The average molecular weight is 416 g/mol. The average Bonchev–Trinajstić information content (AvgIpc) is 3.50. The minimum absolute atomic E-state index is 0.234. The summed E-state index contributed by atoms with van der Waals surface area (Å²) in [5.74, 6) is 3.28. The topological polar surface area (TPSA) is 54.0 Å². The van der Waals surface area contributed by atoms with E-state index in [9.17, 15) is 4.79 Å². The Hall–Kier alpha value is -3.47. The van der Waals surface area contributed by atoms with E-state index in [0.717, 1.165) is 58.1 Å². The minimum Gasteiger partial charge on any atom is -0.497 e. The van der Waals surface area contributed by atoms with Crippen molar-refractivity contribution in [1.29, 1.82) is 0 Å². The van der Waals surface area contributed by atoms with Crippen LogP contribution in [0.3, 0.4) is 0 Å². The monoisotopic (exact) mass is 416 g/mol. The predicted octanol–water partition coefficient (Wildman–Crippen LogP) is 4.94. The van der Waals surface area contributed by atoms with Crippen molar-refractivity contribution in [2.45, 2.75) is 24.7 Å². The number of rotatable bonds is 7. The third kappa shape index (κ3) is 3.50. The third-order valence-electron chi connectivity index (χ3n) is 6.24. The molecule has 1 fully saturated rings. The lowest BCUT2D eigenvalue weighted by molar-refractivity contribution is -0.120. The molecule has 0 amide bonds. The highest BCUT2D eigenvalue weighted by Gasteiger charge is 2.50. The maximum absolute atomic E-state index is 13.4. The summed E-state index contributed by atoms with van der Waals surface area (Å²) in [6, 6.07) is 19.7. The number of carbonyl (C=O) groups is 1. The molecule has 2 aliphatic rings. The van der Waals surface area contributed by atoms with Crippen molar-refractivity contribution in [2.75, 3.05) is 21.0 Å². The molecule has 0 atom stereocenters. The van der Waals surface area contributed by atoms with E-state index in [-0.39, 0.29) is 12.6 Å². The Labute approximate surface area is 181 Å². The molecule has 1 aliphatic carbocycles. The minimum atomic E-state index is -0.415. The van der Waals surface area contributed by atoms with Crippen LogP contribution in [0, 0.1) is 0 Å². The van der Waals surface area contributed by atoms with Crippen LogP contribution in [0.1, 0.15) is 24.0 Å². The molecule has 0 spiro atoms. The van der Waals surface area contributed by atoms with Gasteiger partial charge in [-0.1, -0.05) is 24.3 Å². The Morgan fingerprint density at radius 3 is 2.39 bits per heavy atom. The van der Waals surface area contributed by atoms with Crippen LogP contribution in [0.15, 0.2) is 60.7 Å². The van der Waals surface area contributed by atoms with E-state index in [2.05, 4.69) is 0 Å². The van der Waals surface area contributed by atoms with Crippen molar-refractivity contribution in [3.05, 3.63) is 71.8 Å². The van der Waals surface area contributed by atoms with Crippen molar-refractivity contribution in [1.82, 2.24) is 0 Å². The molecule has 0 saturated heterocycles. The number of hydrogen-bond donors (Lipinski definition) is 0. The maximum atomic E-state index is 13.4. The molecule has 1 aliphatic heterocycles. The Balaban J connectivity index is 1.41. The van der Waals surface area contributed by atoms with Gasteiger partial charge in [-0.05, 0) is 65.9 Å². The predicted molar refractivity (Wildman–Crippen MR) is 117 cm³/mol. The zero-order valence-electron chi connectivity index (χ0n) is 17.6. The summed E-state index contributed by atoms with van der Waals surface area (Å²) >= 11 is 0. The van der Waals surface area contributed by atoms with Gasteiger partial charge in [0, 0.05) is 12.0 Å². The van der Waals surface area contributed by atoms with Gasteiger partial charge in [0.2, 0.25) is 6.79 Å². The van der Waals surface area contributed by atoms with Gasteiger partial charge in [-0.3, -0.25) is 4.79 Å².